The Morgan fingerprint density at radius 2 is 1.00 bits per heavy atom. The van der Waals surface area contributed by atoms with Gasteiger partial charge in [-0.3, -0.25) is 0 Å². The van der Waals surface area contributed by atoms with Crippen molar-refractivity contribution < 1.29 is 17.3 Å². The fraction of sp³-hybridized carbons (Fsp3) is 0.600. The van der Waals surface area contributed by atoms with E-state index in [0.29, 0.717) is 7.92 Å². The molecule has 0 N–H and O–H groups in total. The van der Waals surface area contributed by atoms with Crippen LogP contribution in [0.1, 0.15) is 0 Å². The van der Waals surface area contributed by atoms with Gasteiger partial charge in [0.15, 0.2) is 0 Å². The first-order chi connectivity index (χ1) is 2.73. The second-order valence-electron chi connectivity index (χ2n) is 1.34. The Morgan fingerprint density at radius 3 is 1.00 bits per heavy atom. The van der Waals surface area contributed by atoms with E-state index in [1.165, 1.54) is 0 Å². The molecule has 0 spiro atoms. The van der Waals surface area contributed by atoms with Crippen molar-refractivity contribution in [2.24, 2.45) is 0 Å². The summed E-state index contributed by atoms with van der Waals surface area (Å²) in [5, 5.41) is 0. The van der Waals surface area contributed by atoms with Crippen LogP contribution in [0.5, 0.6) is 0 Å². The zero-order chi connectivity index (χ0) is 5.58. The van der Waals surface area contributed by atoms with Crippen molar-refractivity contribution in [2.75, 3.05) is 20.0 Å². The minimum atomic E-state index is 0. The van der Waals surface area contributed by atoms with E-state index >= 15 is 0 Å². The molecule has 0 rings (SSSR count). The summed E-state index contributed by atoms with van der Waals surface area (Å²) in [5.41, 5.74) is 0. The Hall–Kier alpha value is 1.90. The second kappa shape index (κ2) is 23.1. The topological polar surface area (TPSA) is 0 Å². The molecule has 0 saturated heterocycles. The predicted molar refractivity (Wildman–Crippen MR) is 51.5 cm³/mol. The van der Waals surface area contributed by atoms with Crippen molar-refractivity contribution in [2.45, 2.75) is 0 Å². The number of halogens is 1. The van der Waals surface area contributed by atoms with Gasteiger partial charge in [0, 0.05) is 0 Å². The molecule has 60 valence electrons. The van der Waals surface area contributed by atoms with E-state index in [2.05, 4.69) is 56.3 Å². The molecule has 0 aromatic heterocycles. The zero-order valence-corrected chi connectivity index (χ0v) is 11.3. The Kier molecular flexibility index (Phi) is 65.1. The molecular formula is C5H15AuIP-2. The molecular weight excluding hydrogens is 415 g/mol. The van der Waals surface area contributed by atoms with E-state index in [9.17, 15) is 0 Å². The van der Waals surface area contributed by atoms with Gasteiger partial charge >= 0.3 is 36.3 Å². The Bertz CT molecular complexity index is 17.1. The number of hydrogen-bond acceptors (Lipinski definition) is 0. The number of hydrogen-bond donors (Lipinski definition) is 0. The molecule has 0 radical (unpaired) electrons. The third kappa shape index (κ3) is 104. The van der Waals surface area contributed by atoms with Crippen LogP contribution in [0.3, 0.4) is 0 Å². The van der Waals surface area contributed by atoms with Gasteiger partial charge in [0.05, 0.1) is 0 Å². The van der Waals surface area contributed by atoms with Crippen LogP contribution in [0.2, 0.25) is 0 Å². The molecule has 0 amide bonds. The molecule has 0 heterocycles. The van der Waals surface area contributed by atoms with E-state index in [4.69, 9.17) is 0 Å². The molecule has 0 unspecified atom stereocenters. The number of rotatable bonds is 0. The summed E-state index contributed by atoms with van der Waals surface area (Å²) < 4.78 is 0. The molecule has 0 aromatic rings. The van der Waals surface area contributed by atoms with Gasteiger partial charge in [-0.05, 0) is 20.0 Å². The Morgan fingerprint density at radius 1 is 1.00 bits per heavy atom. The summed E-state index contributed by atoms with van der Waals surface area (Å²) in [6.45, 7) is 6.69. The Labute approximate surface area is 78.4 Å². The van der Waals surface area contributed by atoms with Crippen molar-refractivity contribution in [3.05, 3.63) is 14.9 Å². The van der Waals surface area contributed by atoms with E-state index < -0.39 is 0 Å². The van der Waals surface area contributed by atoms with Crippen molar-refractivity contribution in [3.63, 3.8) is 0 Å². The molecule has 0 aromatic carbocycles. The second-order valence-corrected chi connectivity index (χ2v) is 4.02. The Balaban J connectivity index is -0.0000000183. The van der Waals surface area contributed by atoms with Crippen molar-refractivity contribution in [3.8, 4) is 0 Å². The maximum atomic E-state index is 2.25. The summed E-state index contributed by atoms with van der Waals surface area (Å²) in [7, 11) is 0.380. The molecule has 0 saturated carbocycles. The zero-order valence-electron chi connectivity index (χ0n) is 6.13. The van der Waals surface area contributed by atoms with Crippen LogP contribution < -0.4 is 0 Å². The van der Waals surface area contributed by atoms with Gasteiger partial charge in [0.2, 0.25) is 0 Å². The van der Waals surface area contributed by atoms with Crippen LogP contribution in [0.25, 0.3) is 0 Å². The van der Waals surface area contributed by atoms with Gasteiger partial charge in [-0.15, -0.1) is 7.92 Å². The van der Waals surface area contributed by atoms with E-state index in [0.717, 1.165) is 0 Å². The molecule has 0 atom stereocenters. The summed E-state index contributed by atoms with van der Waals surface area (Å²) in [6.07, 6.45) is 0. The standard InChI is InChI=1S/C3H9P.2CH3.Au.HI/c1-4(2)3;;;;/h1-3H3;2*1H3;;1H/q;2*-1;+1;/p-1. The molecule has 8 heavy (non-hydrogen) atoms. The fourth-order valence-corrected chi connectivity index (χ4v) is 0. The van der Waals surface area contributed by atoms with E-state index in [1.807, 2.05) is 0 Å². The van der Waals surface area contributed by atoms with Gasteiger partial charge in [0.25, 0.3) is 0 Å². The summed E-state index contributed by atoms with van der Waals surface area (Å²) >= 11 is 4.34. The summed E-state index contributed by atoms with van der Waals surface area (Å²) in [6, 6.07) is 0. The monoisotopic (exact) mass is 430 g/mol. The third-order valence-corrected chi connectivity index (χ3v) is 0. The van der Waals surface area contributed by atoms with Gasteiger partial charge < -0.3 is 14.9 Å². The van der Waals surface area contributed by atoms with Gasteiger partial charge in [-0.2, -0.15) is 0 Å². The van der Waals surface area contributed by atoms with Crippen LogP contribution in [0.4, 0.5) is 0 Å². The summed E-state index contributed by atoms with van der Waals surface area (Å²) in [5.74, 6) is 0. The molecule has 0 fully saturated rings. The van der Waals surface area contributed by atoms with Crippen LogP contribution in [0.15, 0.2) is 0 Å². The molecule has 0 nitrogen and oxygen atoms in total. The SMILES string of the molecule is CP(C)C.[CH3-].[CH3-].[I][Au]. The molecule has 0 bridgehead atoms. The van der Waals surface area contributed by atoms with Crippen LogP contribution >= 0.6 is 26.9 Å². The molecule has 0 aliphatic carbocycles. The normalized spacial score (nSPS) is 5.38. The van der Waals surface area contributed by atoms with Gasteiger partial charge in [-0.1, -0.05) is 0 Å². The van der Waals surface area contributed by atoms with Crippen molar-refractivity contribution in [1.82, 2.24) is 0 Å². The molecule has 0 aliphatic rings. The summed E-state index contributed by atoms with van der Waals surface area (Å²) in [4.78, 5) is 0. The maximum absolute atomic E-state index is 2.25. The molecule has 0 aliphatic heterocycles. The fourth-order valence-electron chi connectivity index (χ4n) is 0. The first-order valence-electron chi connectivity index (χ1n) is 1.46. The van der Waals surface area contributed by atoms with Gasteiger partial charge in [0.1, 0.15) is 0 Å². The van der Waals surface area contributed by atoms with Crippen LogP contribution in [-0.4, -0.2) is 20.0 Å². The van der Waals surface area contributed by atoms with Crippen molar-refractivity contribution in [1.29, 1.82) is 0 Å². The predicted octanol–water partition coefficient (Wildman–Crippen LogP) is 3.14. The van der Waals surface area contributed by atoms with Crippen LogP contribution in [-0.2, 0) is 17.3 Å². The first-order valence-corrected chi connectivity index (χ1v) is 10.3. The molecule has 3 heteroatoms. The third-order valence-electron chi connectivity index (χ3n) is 0. The average molecular weight is 430 g/mol. The van der Waals surface area contributed by atoms with Crippen molar-refractivity contribution >= 4 is 26.9 Å². The quantitative estimate of drug-likeness (QED) is 0.240. The van der Waals surface area contributed by atoms with Gasteiger partial charge in [-0.25, -0.2) is 0 Å². The average Bonchev–Trinajstić information content (AvgIpc) is 1.41. The minimum absolute atomic E-state index is 0. The van der Waals surface area contributed by atoms with E-state index in [-0.39, 0.29) is 14.9 Å². The van der Waals surface area contributed by atoms with Crippen LogP contribution in [0, 0.1) is 14.9 Å². The van der Waals surface area contributed by atoms with E-state index in [1.54, 1.807) is 0 Å². The first kappa shape index (κ1) is 22.5.